The van der Waals surface area contributed by atoms with Crippen LogP contribution in [0.15, 0.2) is 47.5 Å². The number of aromatic nitrogens is 2. The van der Waals surface area contributed by atoms with Crippen LogP contribution in [0, 0.1) is 0 Å². The summed E-state index contributed by atoms with van der Waals surface area (Å²) in [4.78, 5) is 31.9. The molecule has 1 fully saturated rings. The zero-order valence-electron chi connectivity index (χ0n) is 15.8. The highest BCUT2D eigenvalue weighted by Crippen LogP contribution is 2.29. The predicted octanol–water partition coefficient (Wildman–Crippen LogP) is 3.90. The Bertz CT molecular complexity index is 1120. The number of carbonyl (C=O) groups excluding carboxylic acids is 1. The van der Waals surface area contributed by atoms with Crippen LogP contribution in [0.4, 0.5) is 0 Å². The van der Waals surface area contributed by atoms with Crippen LogP contribution in [-0.2, 0) is 17.9 Å². The van der Waals surface area contributed by atoms with Gasteiger partial charge in [0.05, 0.1) is 29.4 Å². The molecule has 0 aliphatic heterocycles. The van der Waals surface area contributed by atoms with E-state index in [1.54, 1.807) is 7.11 Å². The monoisotopic (exact) mass is 431 g/mol. The summed E-state index contributed by atoms with van der Waals surface area (Å²) >= 11 is 12.1. The Morgan fingerprint density at radius 1 is 1.24 bits per heavy atom. The molecule has 2 aromatic carbocycles. The predicted molar refractivity (Wildman–Crippen MR) is 113 cm³/mol. The highest BCUT2D eigenvalue weighted by molar-refractivity contribution is 6.38. The number of nitrogens with zero attached hydrogens (tertiary/aromatic N) is 3. The highest BCUT2D eigenvalue weighted by atomic mass is 35.5. The molecule has 1 amide bonds. The molecular formula is C21H19Cl2N3O3. The average Bonchev–Trinajstić information content (AvgIpc) is 3.54. The third-order valence-electron chi connectivity index (χ3n) is 4.97. The van der Waals surface area contributed by atoms with Gasteiger partial charge >= 0.3 is 0 Å². The third kappa shape index (κ3) is 4.23. The summed E-state index contributed by atoms with van der Waals surface area (Å²) in [5, 5.41) is 0.956. The van der Waals surface area contributed by atoms with Gasteiger partial charge in [-0.1, -0.05) is 35.3 Å². The number of fused-ring (bicyclic) bond motifs is 1. The van der Waals surface area contributed by atoms with Gasteiger partial charge in [-0.2, -0.15) is 0 Å². The van der Waals surface area contributed by atoms with Crippen molar-refractivity contribution in [1.29, 1.82) is 0 Å². The lowest BCUT2D eigenvalue weighted by Crippen LogP contribution is -2.37. The first kappa shape index (κ1) is 19.7. The lowest BCUT2D eigenvalue weighted by molar-refractivity contribution is -0.133. The standard InChI is InChI=1S/C21H19Cl2N3O3/c1-29-16-6-2-13(3-7-16)10-26(15-4-5-15)19(27)11-25-12-24-20-17(21(25)28)8-14(22)9-18(20)23/h2-3,6-9,12,15H,4-5,10-11H2,1H3. The van der Waals surface area contributed by atoms with Gasteiger partial charge in [0.1, 0.15) is 12.3 Å². The van der Waals surface area contributed by atoms with Crippen molar-refractivity contribution in [3.8, 4) is 5.75 Å². The lowest BCUT2D eigenvalue weighted by Gasteiger charge is -2.23. The number of amides is 1. The van der Waals surface area contributed by atoms with Crippen molar-refractivity contribution in [3.05, 3.63) is 68.7 Å². The van der Waals surface area contributed by atoms with Crippen molar-refractivity contribution < 1.29 is 9.53 Å². The van der Waals surface area contributed by atoms with E-state index in [1.807, 2.05) is 29.2 Å². The quantitative estimate of drug-likeness (QED) is 0.593. The van der Waals surface area contributed by atoms with Crippen LogP contribution in [0.2, 0.25) is 10.0 Å². The molecule has 1 aliphatic rings. The Morgan fingerprint density at radius 2 is 1.97 bits per heavy atom. The number of ether oxygens (including phenoxy) is 1. The van der Waals surface area contributed by atoms with Crippen molar-refractivity contribution in [2.24, 2.45) is 0 Å². The maximum absolute atomic E-state index is 13.0. The van der Waals surface area contributed by atoms with E-state index < -0.39 is 0 Å². The van der Waals surface area contributed by atoms with Crippen LogP contribution >= 0.6 is 23.2 Å². The maximum Gasteiger partial charge on any atom is 0.261 e. The van der Waals surface area contributed by atoms with Gasteiger partial charge in [-0.05, 0) is 42.7 Å². The molecule has 1 aliphatic carbocycles. The summed E-state index contributed by atoms with van der Waals surface area (Å²) < 4.78 is 6.49. The molecule has 0 spiro atoms. The third-order valence-corrected chi connectivity index (χ3v) is 5.48. The van der Waals surface area contributed by atoms with Gasteiger partial charge < -0.3 is 9.64 Å². The number of benzene rings is 2. The molecular weight excluding hydrogens is 413 g/mol. The number of carbonyl (C=O) groups is 1. The maximum atomic E-state index is 13.0. The largest absolute Gasteiger partial charge is 0.497 e. The first-order chi connectivity index (χ1) is 14.0. The fourth-order valence-electron chi connectivity index (χ4n) is 3.28. The number of rotatable bonds is 6. The van der Waals surface area contributed by atoms with E-state index in [1.165, 1.54) is 23.0 Å². The molecule has 0 unspecified atom stereocenters. The molecule has 150 valence electrons. The van der Waals surface area contributed by atoms with Crippen LogP contribution in [0.3, 0.4) is 0 Å². The summed E-state index contributed by atoms with van der Waals surface area (Å²) in [6.45, 7) is 0.402. The molecule has 1 heterocycles. The van der Waals surface area contributed by atoms with E-state index >= 15 is 0 Å². The van der Waals surface area contributed by atoms with Gasteiger partial charge in [0.15, 0.2) is 0 Å². The van der Waals surface area contributed by atoms with Gasteiger partial charge in [-0.3, -0.25) is 14.2 Å². The van der Waals surface area contributed by atoms with Crippen molar-refractivity contribution >= 4 is 40.0 Å². The second kappa shape index (κ2) is 8.05. The normalized spacial score (nSPS) is 13.5. The summed E-state index contributed by atoms with van der Waals surface area (Å²) in [5.74, 6) is 0.642. The Hall–Kier alpha value is -2.57. The van der Waals surface area contributed by atoms with E-state index in [9.17, 15) is 9.59 Å². The zero-order chi connectivity index (χ0) is 20.5. The molecule has 1 aromatic heterocycles. The van der Waals surface area contributed by atoms with Crippen LogP contribution in [0.5, 0.6) is 5.75 Å². The Morgan fingerprint density at radius 3 is 2.62 bits per heavy atom. The Kier molecular flexibility index (Phi) is 5.48. The molecule has 0 atom stereocenters. The molecule has 0 saturated heterocycles. The molecule has 0 N–H and O–H groups in total. The van der Waals surface area contributed by atoms with Gasteiger partial charge in [0.2, 0.25) is 5.91 Å². The highest BCUT2D eigenvalue weighted by Gasteiger charge is 2.32. The topological polar surface area (TPSA) is 64.4 Å². The molecule has 3 aromatic rings. The summed E-state index contributed by atoms with van der Waals surface area (Å²) in [5.41, 5.74) is 1.04. The molecule has 8 heteroatoms. The van der Waals surface area contributed by atoms with Gasteiger partial charge in [-0.15, -0.1) is 0 Å². The number of hydrogen-bond acceptors (Lipinski definition) is 4. The summed E-state index contributed by atoms with van der Waals surface area (Å²) in [6, 6.07) is 10.9. The van der Waals surface area contributed by atoms with E-state index in [2.05, 4.69) is 4.98 Å². The van der Waals surface area contributed by atoms with Gasteiger partial charge in [0, 0.05) is 17.6 Å². The van der Waals surface area contributed by atoms with E-state index in [0.29, 0.717) is 27.5 Å². The minimum atomic E-state index is -0.340. The minimum absolute atomic E-state index is 0.0848. The first-order valence-corrected chi connectivity index (χ1v) is 9.98. The SMILES string of the molecule is COc1ccc(CN(C(=O)Cn2cnc3c(Cl)cc(Cl)cc3c2=O)C2CC2)cc1. The van der Waals surface area contributed by atoms with Crippen LogP contribution in [-0.4, -0.2) is 33.5 Å². The van der Waals surface area contributed by atoms with Crippen molar-refractivity contribution in [2.45, 2.75) is 32.0 Å². The summed E-state index contributed by atoms with van der Waals surface area (Å²) in [7, 11) is 1.62. The Balaban J connectivity index is 1.58. The van der Waals surface area contributed by atoms with Crippen LogP contribution in [0.1, 0.15) is 18.4 Å². The smallest absolute Gasteiger partial charge is 0.261 e. The fraction of sp³-hybridized carbons (Fsp3) is 0.286. The Labute approximate surface area is 177 Å². The summed E-state index contributed by atoms with van der Waals surface area (Å²) in [6.07, 6.45) is 3.30. The van der Waals surface area contributed by atoms with E-state index in [-0.39, 0.29) is 24.1 Å². The van der Waals surface area contributed by atoms with Crippen molar-refractivity contribution in [1.82, 2.24) is 14.5 Å². The molecule has 4 rings (SSSR count). The molecule has 6 nitrogen and oxygen atoms in total. The second-order valence-electron chi connectivity index (χ2n) is 7.06. The average molecular weight is 432 g/mol. The van der Waals surface area contributed by atoms with Crippen molar-refractivity contribution in [3.63, 3.8) is 0 Å². The van der Waals surface area contributed by atoms with Gasteiger partial charge in [-0.25, -0.2) is 4.98 Å². The van der Waals surface area contributed by atoms with E-state index in [0.717, 1.165) is 24.2 Å². The van der Waals surface area contributed by atoms with Gasteiger partial charge in [0.25, 0.3) is 5.56 Å². The van der Waals surface area contributed by atoms with Crippen molar-refractivity contribution in [2.75, 3.05) is 7.11 Å². The number of hydrogen-bond donors (Lipinski definition) is 0. The van der Waals surface area contributed by atoms with Crippen LogP contribution in [0.25, 0.3) is 10.9 Å². The molecule has 0 bridgehead atoms. The number of methoxy groups -OCH3 is 1. The minimum Gasteiger partial charge on any atom is -0.497 e. The molecule has 29 heavy (non-hydrogen) atoms. The molecule has 0 radical (unpaired) electrons. The van der Waals surface area contributed by atoms with E-state index in [4.69, 9.17) is 27.9 Å². The number of halogens is 2. The fourth-order valence-corrected chi connectivity index (χ4v) is 3.82. The van der Waals surface area contributed by atoms with Crippen LogP contribution < -0.4 is 10.3 Å². The lowest BCUT2D eigenvalue weighted by atomic mass is 10.2. The first-order valence-electron chi connectivity index (χ1n) is 9.23. The second-order valence-corrected chi connectivity index (χ2v) is 7.91. The molecule has 1 saturated carbocycles. The zero-order valence-corrected chi connectivity index (χ0v) is 17.3.